The lowest BCUT2D eigenvalue weighted by Gasteiger charge is -2.24. The van der Waals surface area contributed by atoms with Crippen LogP contribution in [0, 0.1) is 20.8 Å². The fraction of sp³-hybridized carbons (Fsp3) is 0.321. The Balaban J connectivity index is 1.69. The van der Waals surface area contributed by atoms with Crippen LogP contribution in [0.2, 0.25) is 0 Å². The molecule has 4 heteroatoms. The number of carbonyl (C=O) groups is 1. The van der Waals surface area contributed by atoms with Crippen LogP contribution in [0.15, 0.2) is 54.6 Å². The van der Waals surface area contributed by atoms with Crippen LogP contribution in [-0.2, 0) is 24.4 Å². The number of rotatable bonds is 8. The summed E-state index contributed by atoms with van der Waals surface area (Å²) in [6.45, 7) is 11.5. The summed E-state index contributed by atoms with van der Waals surface area (Å²) >= 11 is 0. The lowest BCUT2D eigenvalue weighted by molar-refractivity contribution is -0.137. The molecule has 4 rings (SSSR count). The Morgan fingerprint density at radius 3 is 2.28 bits per heavy atom. The van der Waals surface area contributed by atoms with Crippen molar-refractivity contribution in [1.29, 1.82) is 0 Å². The molecule has 0 saturated carbocycles. The van der Waals surface area contributed by atoms with E-state index in [0.29, 0.717) is 6.54 Å². The van der Waals surface area contributed by atoms with Crippen molar-refractivity contribution >= 4 is 27.8 Å². The Morgan fingerprint density at radius 1 is 0.906 bits per heavy atom. The third-order valence-electron chi connectivity index (χ3n) is 6.42. The van der Waals surface area contributed by atoms with E-state index < -0.39 is 5.97 Å². The van der Waals surface area contributed by atoms with Crippen LogP contribution in [0.5, 0.6) is 0 Å². The minimum absolute atomic E-state index is 0.140. The largest absolute Gasteiger partial charge is 0.481 e. The van der Waals surface area contributed by atoms with Crippen molar-refractivity contribution in [3.63, 3.8) is 0 Å². The van der Waals surface area contributed by atoms with Gasteiger partial charge in [-0.05, 0) is 68.1 Å². The van der Waals surface area contributed by atoms with E-state index in [-0.39, 0.29) is 6.42 Å². The van der Waals surface area contributed by atoms with E-state index in [2.05, 4.69) is 91.8 Å². The number of aryl methyl sites for hydroxylation is 4. The van der Waals surface area contributed by atoms with Crippen LogP contribution in [-0.4, -0.2) is 27.1 Å². The number of carboxylic acids is 1. The Morgan fingerprint density at radius 2 is 1.59 bits per heavy atom. The maximum Gasteiger partial charge on any atom is 0.304 e. The van der Waals surface area contributed by atoms with Gasteiger partial charge in [0.05, 0.1) is 6.42 Å². The summed E-state index contributed by atoms with van der Waals surface area (Å²) in [7, 11) is 0. The van der Waals surface area contributed by atoms with Gasteiger partial charge in [0.2, 0.25) is 0 Å². The number of hydrogen-bond acceptors (Lipinski definition) is 2. The number of benzene rings is 3. The van der Waals surface area contributed by atoms with Gasteiger partial charge in [-0.25, -0.2) is 0 Å². The van der Waals surface area contributed by atoms with Crippen LogP contribution in [0.3, 0.4) is 0 Å². The molecule has 0 unspecified atom stereocenters. The molecule has 3 aromatic carbocycles. The van der Waals surface area contributed by atoms with Crippen molar-refractivity contribution in [1.82, 2.24) is 9.47 Å². The second kappa shape index (κ2) is 9.17. The molecule has 0 bridgehead atoms. The molecule has 0 saturated heterocycles. The molecule has 4 aromatic rings. The topological polar surface area (TPSA) is 45.5 Å². The van der Waals surface area contributed by atoms with Crippen LogP contribution in [0.1, 0.15) is 41.2 Å². The van der Waals surface area contributed by atoms with Crippen molar-refractivity contribution < 1.29 is 9.90 Å². The monoisotopic (exact) mass is 428 g/mol. The molecule has 0 radical (unpaired) electrons. The van der Waals surface area contributed by atoms with Crippen molar-refractivity contribution in [3.05, 3.63) is 82.4 Å². The molecule has 0 spiro atoms. The first-order valence-corrected chi connectivity index (χ1v) is 11.4. The Bertz CT molecular complexity index is 1260. The van der Waals surface area contributed by atoms with E-state index in [1.54, 1.807) is 0 Å². The van der Waals surface area contributed by atoms with Crippen molar-refractivity contribution in [2.45, 2.75) is 53.8 Å². The van der Waals surface area contributed by atoms with Crippen LogP contribution in [0.4, 0.5) is 0 Å². The first-order valence-electron chi connectivity index (χ1n) is 11.4. The van der Waals surface area contributed by atoms with Gasteiger partial charge >= 0.3 is 5.97 Å². The second-order valence-corrected chi connectivity index (χ2v) is 8.84. The summed E-state index contributed by atoms with van der Waals surface area (Å²) in [6, 6.07) is 19.7. The minimum Gasteiger partial charge on any atom is -0.481 e. The Labute approximate surface area is 190 Å². The lowest BCUT2D eigenvalue weighted by Crippen LogP contribution is -2.26. The van der Waals surface area contributed by atoms with Crippen molar-refractivity contribution in [2.24, 2.45) is 0 Å². The Hall–Kier alpha value is -3.11. The lowest BCUT2D eigenvalue weighted by atomic mass is 9.99. The molecule has 1 N–H and O–H groups in total. The maximum atomic E-state index is 11.3. The zero-order chi connectivity index (χ0) is 22.8. The van der Waals surface area contributed by atoms with E-state index in [4.69, 9.17) is 0 Å². The summed E-state index contributed by atoms with van der Waals surface area (Å²) in [5.74, 6) is -0.756. The predicted molar refractivity (Wildman–Crippen MR) is 132 cm³/mol. The normalized spacial score (nSPS) is 11.7. The molecule has 0 aliphatic rings. The molecule has 32 heavy (non-hydrogen) atoms. The van der Waals surface area contributed by atoms with Gasteiger partial charge in [-0.2, -0.15) is 0 Å². The highest BCUT2D eigenvalue weighted by molar-refractivity contribution is 6.08. The smallest absolute Gasteiger partial charge is 0.304 e. The quantitative estimate of drug-likeness (QED) is 0.362. The third-order valence-corrected chi connectivity index (χ3v) is 6.42. The average molecular weight is 429 g/mol. The number of fused-ring (bicyclic) bond motifs is 3. The van der Waals surface area contributed by atoms with Gasteiger partial charge in [-0.1, -0.05) is 42.0 Å². The molecule has 1 heterocycles. The first-order chi connectivity index (χ1) is 15.4. The second-order valence-electron chi connectivity index (χ2n) is 8.84. The van der Waals surface area contributed by atoms with E-state index >= 15 is 0 Å². The number of aliphatic carboxylic acids is 1. The van der Waals surface area contributed by atoms with E-state index in [9.17, 15) is 9.90 Å². The molecular weight excluding hydrogens is 396 g/mol. The number of para-hydroxylation sites is 1. The molecule has 0 fully saturated rings. The van der Waals surface area contributed by atoms with E-state index in [1.807, 2.05) is 0 Å². The SMILES string of the molecule is CCn1c2ccccc2c2cc(CN(CCC(=O)O)Cc3c(C)cc(C)cc3C)ccc21. The zero-order valence-corrected chi connectivity index (χ0v) is 19.5. The highest BCUT2D eigenvalue weighted by atomic mass is 16.4. The van der Waals surface area contributed by atoms with E-state index in [0.717, 1.165) is 19.6 Å². The van der Waals surface area contributed by atoms with Crippen molar-refractivity contribution in [3.8, 4) is 0 Å². The standard InChI is InChI=1S/C28H32N2O2/c1-5-30-26-9-7-6-8-23(26)24-16-22(10-11-27(24)30)17-29(13-12-28(31)32)18-25-20(3)14-19(2)15-21(25)4/h6-11,14-16H,5,12-13,17-18H2,1-4H3,(H,31,32). The highest BCUT2D eigenvalue weighted by Gasteiger charge is 2.15. The molecule has 4 nitrogen and oxygen atoms in total. The summed E-state index contributed by atoms with van der Waals surface area (Å²) in [5, 5.41) is 11.8. The van der Waals surface area contributed by atoms with Gasteiger partial charge in [0.15, 0.2) is 0 Å². The van der Waals surface area contributed by atoms with Gasteiger partial charge in [0.25, 0.3) is 0 Å². The summed E-state index contributed by atoms with van der Waals surface area (Å²) in [4.78, 5) is 13.6. The third kappa shape index (κ3) is 4.42. The molecular formula is C28H32N2O2. The van der Waals surface area contributed by atoms with Gasteiger partial charge in [-0.15, -0.1) is 0 Å². The number of nitrogens with zero attached hydrogens (tertiary/aromatic N) is 2. The zero-order valence-electron chi connectivity index (χ0n) is 19.5. The molecule has 0 amide bonds. The fourth-order valence-electron chi connectivity index (χ4n) is 4.95. The van der Waals surface area contributed by atoms with Crippen molar-refractivity contribution in [2.75, 3.05) is 6.54 Å². The maximum absolute atomic E-state index is 11.3. The summed E-state index contributed by atoms with van der Waals surface area (Å²) in [6.07, 6.45) is 0.140. The van der Waals surface area contributed by atoms with Gasteiger partial charge in [-0.3, -0.25) is 9.69 Å². The average Bonchev–Trinajstić information content (AvgIpc) is 3.07. The molecule has 0 aliphatic heterocycles. The first kappa shape index (κ1) is 22.1. The van der Waals surface area contributed by atoms with Gasteiger partial charge in [0, 0.05) is 48.0 Å². The molecule has 1 aromatic heterocycles. The summed E-state index contributed by atoms with van der Waals surface area (Å²) in [5.41, 5.74) is 8.82. The van der Waals surface area contributed by atoms with Crippen LogP contribution in [0.25, 0.3) is 21.8 Å². The van der Waals surface area contributed by atoms with Gasteiger partial charge in [0.1, 0.15) is 0 Å². The van der Waals surface area contributed by atoms with E-state index in [1.165, 1.54) is 49.6 Å². The Kier molecular flexibility index (Phi) is 6.33. The summed E-state index contributed by atoms with van der Waals surface area (Å²) < 4.78 is 2.36. The molecule has 0 atom stereocenters. The number of aromatic nitrogens is 1. The molecule has 0 aliphatic carbocycles. The van der Waals surface area contributed by atoms with Crippen LogP contribution < -0.4 is 0 Å². The highest BCUT2D eigenvalue weighted by Crippen LogP contribution is 2.30. The minimum atomic E-state index is -0.756. The molecule has 166 valence electrons. The predicted octanol–water partition coefficient (Wildman–Crippen LogP) is 6.22. The fourth-order valence-corrected chi connectivity index (χ4v) is 4.95. The number of carboxylic acid groups (broad SMARTS) is 1. The van der Waals surface area contributed by atoms with Crippen LogP contribution >= 0.6 is 0 Å². The van der Waals surface area contributed by atoms with Gasteiger partial charge < -0.3 is 9.67 Å². The number of hydrogen-bond donors (Lipinski definition) is 1.